The van der Waals surface area contributed by atoms with Crippen molar-refractivity contribution in [3.63, 3.8) is 0 Å². The van der Waals surface area contributed by atoms with E-state index in [0.717, 1.165) is 22.4 Å². The number of amides is 1. The van der Waals surface area contributed by atoms with Crippen LogP contribution in [0.5, 0.6) is 0 Å². The molecule has 0 unspecified atom stereocenters. The van der Waals surface area contributed by atoms with E-state index in [1.165, 1.54) is 0 Å². The van der Waals surface area contributed by atoms with Gasteiger partial charge in [0.1, 0.15) is 6.61 Å². The van der Waals surface area contributed by atoms with Gasteiger partial charge in [-0.25, -0.2) is 4.79 Å². The van der Waals surface area contributed by atoms with Crippen LogP contribution >= 0.6 is 12.6 Å². The van der Waals surface area contributed by atoms with Crippen molar-refractivity contribution >= 4 is 24.8 Å². The lowest BCUT2D eigenvalue weighted by Crippen LogP contribution is -2.24. The van der Waals surface area contributed by atoms with E-state index in [2.05, 4.69) is 17.9 Å². The van der Waals surface area contributed by atoms with E-state index in [1.807, 2.05) is 66.7 Å². The number of ether oxygens (including phenoxy) is 1. The zero-order valence-electron chi connectivity index (χ0n) is 12.2. The second kappa shape index (κ2) is 8.95. The molecule has 0 atom stereocenters. The highest BCUT2D eigenvalue weighted by molar-refractivity contribution is 7.80. The van der Waals surface area contributed by atoms with Gasteiger partial charge in [0.05, 0.1) is 0 Å². The first-order chi connectivity index (χ1) is 10.7. The molecule has 0 aliphatic heterocycles. The summed E-state index contributed by atoms with van der Waals surface area (Å²) in [5, 5.41) is 2.72. The maximum Gasteiger partial charge on any atom is 0.407 e. The summed E-state index contributed by atoms with van der Waals surface area (Å²) >= 11 is 4.24. The van der Waals surface area contributed by atoms with Crippen LogP contribution in [0.3, 0.4) is 0 Å². The minimum atomic E-state index is -0.392. The van der Waals surface area contributed by atoms with E-state index in [-0.39, 0.29) is 0 Å². The van der Waals surface area contributed by atoms with Crippen molar-refractivity contribution in [1.82, 2.24) is 5.32 Å². The summed E-state index contributed by atoms with van der Waals surface area (Å²) in [6, 6.07) is 17.5. The van der Waals surface area contributed by atoms with Gasteiger partial charge in [0.15, 0.2) is 0 Å². The standard InChI is InChI=1S/C18H19NO2S/c20-18(21-14-16-7-2-1-3-8-16)19-13-5-4-6-15-9-11-17(22)12-10-15/h1-4,6-12,22H,5,13-14H2,(H,19,20). The lowest BCUT2D eigenvalue weighted by atomic mass is 10.2. The molecule has 1 amide bonds. The molecule has 22 heavy (non-hydrogen) atoms. The van der Waals surface area contributed by atoms with Crippen LogP contribution in [0.4, 0.5) is 4.79 Å². The van der Waals surface area contributed by atoms with Crippen LogP contribution in [0.1, 0.15) is 17.5 Å². The zero-order valence-corrected chi connectivity index (χ0v) is 13.1. The van der Waals surface area contributed by atoms with E-state index in [4.69, 9.17) is 4.74 Å². The van der Waals surface area contributed by atoms with Gasteiger partial charge in [-0.1, -0.05) is 54.6 Å². The first kappa shape index (κ1) is 16.2. The van der Waals surface area contributed by atoms with Crippen LogP contribution in [-0.2, 0) is 11.3 Å². The van der Waals surface area contributed by atoms with Crippen molar-refractivity contribution in [3.05, 3.63) is 71.8 Å². The van der Waals surface area contributed by atoms with Crippen molar-refractivity contribution in [2.75, 3.05) is 6.54 Å². The summed E-state index contributed by atoms with van der Waals surface area (Å²) in [6.45, 7) is 0.841. The molecule has 0 bridgehead atoms. The number of carbonyl (C=O) groups is 1. The third kappa shape index (κ3) is 6.06. The average Bonchev–Trinajstić information content (AvgIpc) is 2.55. The molecule has 1 N–H and O–H groups in total. The predicted octanol–water partition coefficient (Wildman–Crippen LogP) is 4.31. The minimum Gasteiger partial charge on any atom is -0.445 e. The third-order valence-corrected chi connectivity index (χ3v) is 3.29. The number of hydrogen-bond acceptors (Lipinski definition) is 3. The smallest absolute Gasteiger partial charge is 0.407 e. The lowest BCUT2D eigenvalue weighted by molar-refractivity contribution is 0.140. The summed E-state index contributed by atoms with van der Waals surface area (Å²) in [6.07, 6.45) is 4.40. The second-order valence-corrected chi connectivity index (χ2v) is 5.29. The van der Waals surface area contributed by atoms with Gasteiger partial charge >= 0.3 is 6.09 Å². The summed E-state index contributed by atoms with van der Waals surface area (Å²) in [5.74, 6) is 0. The first-order valence-corrected chi connectivity index (χ1v) is 7.59. The maximum absolute atomic E-state index is 11.5. The fraction of sp³-hybridized carbons (Fsp3) is 0.167. The molecule has 114 valence electrons. The quantitative estimate of drug-likeness (QED) is 0.616. The van der Waals surface area contributed by atoms with Gasteiger partial charge in [0.25, 0.3) is 0 Å². The van der Waals surface area contributed by atoms with Crippen molar-refractivity contribution in [3.8, 4) is 0 Å². The van der Waals surface area contributed by atoms with Crippen LogP contribution < -0.4 is 5.32 Å². The number of rotatable bonds is 6. The van der Waals surface area contributed by atoms with Gasteiger partial charge in [0, 0.05) is 11.4 Å². The molecular weight excluding hydrogens is 294 g/mol. The van der Waals surface area contributed by atoms with E-state index in [9.17, 15) is 4.79 Å². The molecule has 3 nitrogen and oxygen atoms in total. The van der Waals surface area contributed by atoms with Crippen molar-refractivity contribution < 1.29 is 9.53 Å². The fourth-order valence-corrected chi connectivity index (χ4v) is 1.99. The van der Waals surface area contributed by atoms with E-state index in [1.54, 1.807) is 0 Å². The molecule has 4 heteroatoms. The number of hydrogen-bond donors (Lipinski definition) is 2. The highest BCUT2D eigenvalue weighted by atomic mass is 32.1. The van der Waals surface area contributed by atoms with E-state index in [0.29, 0.717) is 13.2 Å². The number of carbonyl (C=O) groups excluding carboxylic acids is 1. The predicted molar refractivity (Wildman–Crippen MR) is 92.0 cm³/mol. The van der Waals surface area contributed by atoms with E-state index >= 15 is 0 Å². The van der Waals surface area contributed by atoms with Gasteiger partial charge in [-0.3, -0.25) is 0 Å². The Morgan fingerprint density at radius 3 is 2.55 bits per heavy atom. The summed E-state index contributed by atoms with van der Waals surface area (Å²) in [4.78, 5) is 12.5. The van der Waals surface area contributed by atoms with Crippen LogP contribution in [0, 0.1) is 0 Å². The van der Waals surface area contributed by atoms with Gasteiger partial charge in [-0.15, -0.1) is 12.6 Å². The van der Waals surface area contributed by atoms with Gasteiger partial charge in [0.2, 0.25) is 0 Å². The molecule has 0 aliphatic rings. The van der Waals surface area contributed by atoms with Gasteiger partial charge in [-0.05, 0) is 29.7 Å². The van der Waals surface area contributed by atoms with Crippen molar-refractivity contribution in [2.45, 2.75) is 17.9 Å². The molecule has 0 fully saturated rings. The van der Waals surface area contributed by atoms with Crippen LogP contribution in [-0.4, -0.2) is 12.6 Å². The Labute approximate surface area is 136 Å². The summed E-state index contributed by atoms with van der Waals surface area (Å²) in [5.41, 5.74) is 2.09. The van der Waals surface area contributed by atoms with E-state index < -0.39 is 6.09 Å². The lowest BCUT2D eigenvalue weighted by Gasteiger charge is -2.05. The molecule has 0 aromatic heterocycles. The number of benzene rings is 2. The van der Waals surface area contributed by atoms with Crippen LogP contribution in [0.2, 0.25) is 0 Å². The van der Waals surface area contributed by atoms with Crippen molar-refractivity contribution in [2.24, 2.45) is 0 Å². The van der Waals surface area contributed by atoms with Crippen LogP contribution in [0.25, 0.3) is 6.08 Å². The number of nitrogens with one attached hydrogen (secondary N) is 1. The van der Waals surface area contributed by atoms with Crippen LogP contribution in [0.15, 0.2) is 65.6 Å². The number of thiol groups is 1. The monoisotopic (exact) mass is 313 g/mol. The molecule has 2 aromatic rings. The molecule has 0 radical (unpaired) electrons. The molecule has 0 heterocycles. The molecule has 2 rings (SSSR count). The first-order valence-electron chi connectivity index (χ1n) is 7.14. The highest BCUT2D eigenvalue weighted by Gasteiger charge is 2.00. The molecule has 0 saturated carbocycles. The third-order valence-electron chi connectivity index (χ3n) is 3.00. The maximum atomic E-state index is 11.5. The normalized spacial score (nSPS) is 10.6. The Morgan fingerprint density at radius 1 is 1.09 bits per heavy atom. The molecule has 0 aliphatic carbocycles. The molecule has 2 aromatic carbocycles. The second-order valence-electron chi connectivity index (χ2n) is 4.77. The SMILES string of the molecule is O=C(NCCC=Cc1ccc(S)cc1)OCc1ccccc1. The topological polar surface area (TPSA) is 38.3 Å². The zero-order chi connectivity index (χ0) is 15.6. The number of alkyl carbamates (subject to hydrolysis) is 1. The Bertz CT molecular complexity index is 609. The molecular formula is C18H19NO2S. The Kier molecular flexibility index (Phi) is 6.58. The highest BCUT2D eigenvalue weighted by Crippen LogP contribution is 2.09. The molecule has 0 spiro atoms. The fourth-order valence-electron chi connectivity index (χ4n) is 1.84. The van der Waals surface area contributed by atoms with Gasteiger partial charge in [-0.2, -0.15) is 0 Å². The summed E-state index contributed by atoms with van der Waals surface area (Å²) in [7, 11) is 0. The minimum absolute atomic E-state index is 0.290. The Morgan fingerprint density at radius 2 is 1.82 bits per heavy atom. The average molecular weight is 313 g/mol. The molecule has 0 saturated heterocycles. The Balaban J connectivity index is 1.61. The Hall–Kier alpha value is -2.20. The summed E-state index contributed by atoms with van der Waals surface area (Å²) < 4.78 is 5.12. The largest absolute Gasteiger partial charge is 0.445 e. The van der Waals surface area contributed by atoms with Crippen molar-refractivity contribution in [1.29, 1.82) is 0 Å². The van der Waals surface area contributed by atoms with Gasteiger partial charge < -0.3 is 10.1 Å².